The lowest BCUT2D eigenvalue weighted by Crippen LogP contribution is -2.60. The molecule has 0 spiro atoms. The van der Waals surface area contributed by atoms with E-state index in [1.54, 1.807) is 4.90 Å². The predicted molar refractivity (Wildman–Crippen MR) is 125 cm³/mol. The smallest absolute Gasteiger partial charge is 0.410 e. The molecule has 1 heterocycles. The molecule has 0 saturated carbocycles. The molecule has 0 aliphatic carbocycles. The molecule has 0 bridgehead atoms. The van der Waals surface area contributed by atoms with Crippen molar-refractivity contribution in [3.63, 3.8) is 0 Å². The first-order chi connectivity index (χ1) is 14.2. The Morgan fingerprint density at radius 3 is 2.10 bits per heavy atom. The van der Waals surface area contributed by atoms with Gasteiger partial charge in [-0.2, -0.15) is 0 Å². The number of piperidine rings is 1. The Labute approximate surface area is 181 Å². The van der Waals surface area contributed by atoms with Gasteiger partial charge in [0.15, 0.2) is 0 Å². The number of aliphatic hydroxyl groups excluding tert-OH is 1. The Balaban J connectivity index is 1.87. The van der Waals surface area contributed by atoms with Crippen LogP contribution < -0.4 is 10.4 Å². The summed E-state index contributed by atoms with van der Waals surface area (Å²) < 4.78 is 5.64. The van der Waals surface area contributed by atoms with E-state index in [2.05, 4.69) is 55.1 Å². The largest absolute Gasteiger partial charge is 0.444 e. The molecule has 2 aromatic carbocycles. The summed E-state index contributed by atoms with van der Waals surface area (Å²) in [5.74, 6) is 0. The summed E-state index contributed by atoms with van der Waals surface area (Å²) in [6.45, 7) is 8.62. The zero-order valence-corrected chi connectivity index (χ0v) is 19.7. The predicted octanol–water partition coefficient (Wildman–Crippen LogP) is 4.03. The monoisotopic (exact) mass is 425 g/mol. The van der Waals surface area contributed by atoms with Gasteiger partial charge in [-0.15, -0.1) is 0 Å². The number of hydrogen-bond acceptors (Lipinski definition) is 3. The second-order valence-corrected chi connectivity index (χ2v) is 13.8. The molecule has 1 amide bonds. The van der Waals surface area contributed by atoms with Crippen molar-refractivity contribution < 1.29 is 14.6 Å². The first-order valence-electron chi connectivity index (χ1n) is 11.0. The molecule has 1 fully saturated rings. The van der Waals surface area contributed by atoms with Crippen molar-refractivity contribution in [3.8, 4) is 0 Å². The minimum atomic E-state index is -2.19. The molecule has 1 aliphatic heterocycles. The lowest BCUT2D eigenvalue weighted by atomic mass is 9.98. The second-order valence-electron chi connectivity index (χ2n) is 9.57. The third-order valence-electron chi connectivity index (χ3n) is 6.06. The number of benzene rings is 2. The minimum absolute atomic E-state index is 0.201. The lowest BCUT2D eigenvalue weighted by molar-refractivity contribution is -0.0126. The third-order valence-corrected chi connectivity index (χ3v) is 10.5. The molecule has 2 aromatic rings. The van der Waals surface area contributed by atoms with Gasteiger partial charge in [0.1, 0.15) is 13.7 Å². The highest BCUT2D eigenvalue weighted by Gasteiger charge is 2.40. The van der Waals surface area contributed by atoms with Gasteiger partial charge in [0.25, 0.3) is 0 Å². The van der Waals surface area contributed by atoms with Crippen LogP contribution in [0, 0.1) is 0 Å². The van der Waals surface area contributed by atoms with E-state index in [9.17, 15) is 9.90 Å². The third kappa shape index (κ3) is 5.32. The molecule has 162 valence electrons. The summed E-state index contributed by atoms with van der Waals surface area (Å²) in [6.07, 6.45) is 1.89. The number of hydrogen-bond donors (Lipinski definition) is 1. The molecule has 3 rings (SSSR count). The average molecular weight is 426 g/mol. The SMILES string of the molecule is CC(C)(C)OC(=O)N1CCCC[C@H]1C(O)C[Si](C)(c1ccccc1)c1ccccc1. The molecule has 4 nitrogen and oxygen atoms in total. The van der Waals surface area contributed by atoms with Crippen LogP contribution in [0.3, 0.4) is 0 Å². The van der Waals surface area contributed by atoms with E-state index in [4.69, 9.17) is 4.74 Å². The minimum Gasteiger partial charge on any atom is -0.444 e. The van der Waals surface area contributed by atoms with E-state index in [1.807, 2.05) is 32.9 Å². The normalized spacial score (nSPS) is 18.7. The maximum absolute atomic E-state index is 12.8. The van der Waals surface area contributed by atoms with Gasteiger partial charge in [-0.1, -0.05) is 77.6 Å². The molecule has 1 saturated heterocycles. The van der Waals surface area contributed by atoms with Crippen LogP contribution in [-0.4, -0.2) is 48.5 Å². The van der Waals surface area contributed by atoms with Gasteiger partial charge >= 0.3 is 6.09 Å². The van der Waals surface area contributed by atoms with Crippen molar-refractivity contribution in [3.05, 3.63) is 60.7 Å². The van der Waals surface area contributed by atoms with Crippen molar-refractivity contribution in [2.24, 2.45) is 0 Å². The van der Waals surface area contributed by atoms with Gasteiger partial charge in [-0.25, -0.2) is 4.79 Å². The number of nitrogens with zero attached hydrogens (tertiary/aromatic N) is 1. The topological polar surface area (TPSA) is 49.8 Å². The van der Waals surface area contributed by atoms with E-state index in [1.165, 1.54) is 10.4 Å². The van der Waals surface area contributed by atoms with Gasteiger partial charge in [0.2, 0.25) is 0 Å². The first kappa shape index (κ1) is 22.6. The van der Waals surface area contributed by atoms with Crippen molar-refractivity contribution >= 4 is 24.5 Å². The molecular weight excluding hydrogens is 390 g/mol. The van der Waals surface area contributed by atoms with Crippen molar-refractivity contribution in [2.45, 2.75) is 70.4 Å². The number of likely N-dealkylation sites (tertiary alicyclic amines) is 1. The fourth-order valence-electron chi connectivity index (χ4n) is 4.47. The summed E-state index contributed by atoms with van der Waals surface area (Å²) in [4.78, 5) is 14.6. The van der Waals surface area contributed by atoms with Gasteiger partial charge in [0, 0.05) is 6.54 Å². The van der Waals surface area contributed by atoms with Crippen LogP contribution in [0.15, 0.2) is 60.7 Å². The van der Waals surface area contributed by atoms with Gasteiger partial charge < -0.3 is 14.7 Å². The fraction of sp³-hybridized carbons (Fsp3) is 0.480. The Hall–Kier alpha value is -2.11. The van der Waals surface area contributed by atoms with E-state index in [-0.39, 0.29) is 12.1 Å². The number of aliphatic hydroxyl groups is 1. The van der Waals surface area contributed by atoms with E-state index >= 15 is 0 Å². The maximum Gasteiger partial charge on any atom is 0.410 e. The number of amides is 1. The van der Waals surface area contributed by atoms with Crippen molar-refractivity contribution in [1.82, 2.24) is 4.90 Å². The quantitative estimate of drug-likeness (QED) is 0.736. The average Bonchev–Trinajstić information content (AvgIpc) is 2.73. The Bertz CT molecular complexity index is 780. The molecule has 1 unspecified atom stereocenters. The van der Waals surface area contributed by atoms with Crippen molar-refractivity contribution in [1.29, 1.82) is 0 Å². The summed E-state index contributed by atoms with van der Waals surface area (Å²) >= 11 is 0. The summed E-state index contributed by atoms with van der Waals surface area (Å²) in [5, 5.41) is 14.0. The van der Waals surface area contributed by atoms with E-state index in [0.717, 1.165) is 19.3 Å². The highest BCUT2D eigenvalue weighted by molar-refractivity contribution is 7.01. The van der Waals surface area contributed by atoms with E-state index in [0.29, 0.717) is 12.6 Å². The van der Waals surface area contributed by atoms with Crippen molar-refractivity contribution in [2.75, 3.05) is 6.54 Å². The maximum atomic E-state index is 12.8. The molecular formula is C25H35NO3Si. The Morgan fingerprint density at radius 2 is 1.60 bits per heavy atom. The summed E-state index contributed by atoms with van der Waals surface area (Å²) in [7, 11) is -2.19. The molecule has 1 aliphatic rings. The van der Waals surface area contributed by atoms with Crippen LogP contribution in [0.4, 0.5) is 4.79 Å². The zero-order valence-electron chi connectivity index (χ0n) is 18.7. The Morgan fingerprint density at radius 1 is 1.07 bits per heavy atom. The standard InChI is InChI=1S/C25H35NO3Si/c1-25(2,3)29-24(28)26-18-12-11-17-22(26)23(27)19-30(4,20-13-7-5-8-14-20)21-15-9-6-10-16-21/h5-10,13-16,22-23,27H,11-12,17-19H2,1-4H3/t22-,23?/m0/s1. The molecule has 0 aromatic heterocycles. The number of rotatable bonds is 5. The van der Waals surface area contributed by atoms with Gasteiger partial charge in [0.05, 0.1) is 12.1 Å². The molecule has 1 N–H and O–H groups in total. The highest BCUT2D eigenvalue weighted by Crippen LogP contribution is 2.27. The summed E-state index contributed by atoms with van der Waals surface area (Å²) in [5.41, 5.74) is -0.540. The van der Waals surface area contributed by atoms with Crippen LogP contribution in [0.1, 0.15) is 40.0 Å². The van der Waals surface area contributed by atoms with Crippen LogP contribution >= 0.6 is 0 Å². The number of ether oxygens (including phenoxy) is 1. The molecule has 2 atom stereocenters. The Kier molecular flexibility index (Phi) is 7.04. The summed E-state index contributed by atoms with van der Waals surface area (Å²) in [6, 6.07) is 21.5. The molecule has 0 radical (unpaired) electrons. The van der Waals surface area contributed by atoms with Crippen LogP contribution in [0.5, 0.6) is 0 Å². The van der Waals surface area contributed by atoms with E-state index < -0.39 is 19.8 Å². The first-order valence-corrected chi connectivity index (χ1v) is 13.7. The van der Waals surface area contributed by atoms with Gasteiger partial charge in [-0.3, -0.25) is 0 Å². The molecule has 30 heavy (non-hydrogen) atoms. The van der Waals surface area contributed by atoms with Crippen LogP contribution in [0.2, 0.25) is 12.6 Å². The van der Waals surface area contributed by atoms with Crippen LogP contribution in [0.25, 0.3) is 0 Å². The number of carbonyl (C=O) groups is 1. The number of carbonyl (C=O) groups excluding carboxylic acids is 1. The molecule has 5 heteroatoms. The van der Waals surface area contributed by atoms with Crippen LogP contribution in [-0.2, 0) is 4.74 Å². The zero-order chi connectivity index (χ0) is 21.8. The lowest BCUT2D eigenvalue weighted by Gasteiger charge is -2.41. The van der Waals surface area contributed by atoms with Gasteiger partial charge in [-0.05, 0) is 46.1 Å². The second kappa shape index (κ2) is 9.35. The fourth-order valence-corrected chi connectivity index (χ4v) is 8.24. The highest BCUT2D eigenvalue weighted by atomic mass is 28.3.